The van der Waals surface area contributed by atoms with E-state index in [0.29, 0.717) is 30.3 Å². The van der Waals surface area contributed by atoms with Crippen LogP contribution in [0.2, 0.25) is 0 Å². The number of nitro groups is 1. The summed E-state index contributed by atoms with van der Waals surface area (Å²) in [6.45, 7) is 2.55. The number of hydrogen-bond acceptors (Lipinski definition) is 7. The number of nitro benzene ring substituents is 1. The molecule has 1 unspecified atom stereocenters. The van der Waals surface area contributed by atoms with Crippen molar-refractivity contribution in [2.75, 3.05) is 20.3 Å². The second-order valence-electron chi connectivity index (χ2n) is 5.84. The van der Waals surface area contributed by atoms with E-state index in [4.69, 9.17) is 14.2 Å². The molecule has 2 aromatic carbocycles. The van der Waals surface area contributed by atoms with Gasteiger partial charge < -0.3 is 14.2 Å². The molecule has 9 nitrogen and oxygen atoms in total. The Labute approximate surface area is 156 Å². The van der Waals surface area contributed by atoms with Crippen LogP contribution in [0.4, 0.5) is 5.69 Å². The zero-order valence-electron chi connectivity index (χ0n) is 14.7. The third kappa shape index (κ3) is 3.96. The third-order valence-electron chi connectivity index (χ3n) is 4.06. The fraction of sp³-hybridized carbons (Fsp3) is 0.294. The van der Waals surface area contributed by atoms with Crippen LogP contribution in [-0.2, 0) is 10.0 Å². The van der Waals surface area contributed by atoms with Crippen molar-refractivity contribution in [3.05, 3.63) is 52.1 Å². The molecule has 0 saturated carbocycles. The molecule has 3 rings (SSSR count). The first-order valence-electron chi connectivity index (χ1n) is 8.06. The van der Waals surface area contributed by atoms with E-state index in [-0.39, 0.29) is 10.6 Å². The Bertz CT molecular complexity index is 975. The number of sulfonamides is 1. The average molecular weight is 394 g/mol. The Kier molecular flexibility index (Phi) is 5.19. The van der Waals surface area contributed by atoms with Gasteiger partial charge in [-0.25, -0.2) is 13.1 Å². The second kappa shape index (κ2) is 7.41. The minimum absolute atomic E-state index is 0.0150. The van der Waals surface area contributed by atoms with Gasteiger partial charge in [0, 0.05) is 12.1 Å². The summed E-state index contributed by atoms with van der Waals surface area (Å²) >= 11 is 0. The second-order valence-corrected chi connectivity index (χ2v) is 7.55. The number of methoxy groups -OCH3 is 1. The summed E-state index contributed by atoms with van der Waals surface area (Å²) in [5.74, 6) is 1.13. The summed E-state index contributed by atoms with van der Waals surface area (Å²) in [4.78, 5) is 10.2. The minimum Gasteiger partial charge on any atom is -0.490 e. The maximum atomic E-state index is 12.6. The molecule has 0 bridgehead atoms. The number of fused-ring (bicyclic) bond motifs is 1. The van der Waals surface area contributed by atoms with Crippen molar-refractivity contribution in [1.82, 2.24) is 4.72 Å². The number of hydrogen-bond donors (Lipinski definition) is 1. The predicted octanol–water partition coefficient (Wildman–Crippen LogP) is 2.41. The fourth-order valence-corrected chi connectivity index (χ4v) is 3.93. The molecule has 27 heavy (non-hydrogen) atoms. The number of rotatable bonds is 6. The molecule has 0 aliphatic carbocycles. The van der Waals surface area contributed by atoms with Gasteiger partial charge in [-0.2, -0.15) is 0 Å². The van der Waals surface area contributed by atoms with E-state index in [9.17, 15) is 18.5 Å². The first kappa shape index (κ1) is 18.9. The van der Waals surface area contributed by atoms with E-state index in [1.54, 1.807) is 25.1 Å². The molecule has 0 amide bonds. The van der Waals surface area contributed by atoms with Crippen LogP contribution in [0.5, 0.6) is 17.2 Å². The Balaban J connectivity index is 1.86. The highest BCUT2D eigenvalue weighted by Crippen LogP contribution is 2.33. The van der Waals surface area contributed by atoms with Gasteiger partial charge in [0.25, 0.3) is 0 Å². The van der Waals surface area contributed by atoms with E-state index in [2.05, 4.69) is 4.72 Å². The number of benzene rings is 2. The highest BCUT2D eigenvalue weighted by atomic mass is 32.2. The van der Waals surface area contributed by atoms with Crippen molar-refractivity contribution in [2.24, 2.45) is 0 Å². The lowest BCUT2D eigenvalue weighted by molar-refractivity contribution is -0.386. The van der Waals surface area contributed by atoms with Crippen molar-refractivity contribution in [2.45, 2.75) is 17.9 Å². The molecule has 0 saturated heterocycles. The quantitative estimate of drug-likeness (QED) is 0.590. The molecule has 0 radical (unpaired) electrons. The molecular weight excluding hydrogens is 376 g/mol. The van der Waals surface area contributed by atoms with E-state index in [0.717, 1.165) is 6.07 Å². The van der Waals surface area contributed by atoms with E-state index in [1.807, 2.05) is 0 Å². The number of ether oxygens (including phenoxy) is 3. The van der Waals surface area contributed by atoms with Crippen LogP contribution in [0.3, 0.4) is 0 Å². The minimum atomic E-state index is -3.99. The van der Waals surface area contributed by atoms with Crippen molar-refractivity contribution in [3.63, 3.8) is 0 Å². The molecule has 0 aromatic heterocycles. The topological polar surface area (TPSA) is 117 Å². The van der Waals surface area contributed by atoms with Crippen LogP contribution in [0.15, 0.2) is 41.3 Å². The molecule has 1 aliphatic rings. The molecule has 1 atom stereocenters. The molecular formula is C17H18N2O7S. The summed E-state index contributed by atoms with van der Waals surface area (Å²) in [5, 5.41) is 11.1. The van der Waals surface area contributed by atoms with Crippen LogP contribution < -0.4 is 18.9 Å². The number of nitrogens with one attached hydrogen (secondary N) is 1. The molecule has 0 spiro atoms. The molecule has 1 heterocycles. The van der Waals surface area contributed by atoms with Gasteiger partial charge in [-0.15, -0.1) is 0 Å². The Morgan fingerprint density at radius 1 is 1.15 bits per heavy atom. The number of nitrogens with zero attached hydrogens (tertiary/aromatic N) is 1. The van der Waals surface area contributed by atoms with Gasteiger partial charge in [-0.3, -0.25) is 10.1 Å². The maximum absolute atomic E-state index is 12.6. The maximum Gasteiger partial charge on any atom is 0.312 e. The summed E-state index contributed by atoms with van der Waals surface area (Å²) in [5.41, 5.74) is 0.248. The standard InChI is InChI=1S/C17H18N2O7S/c1-11(12-3-5-16-17(9-12)26-8-7-25-16)18-27(22,23)13-4-6-15(24-2)14(10-13)19(20)21/h3-6,9-11,18H,7-8H2,1-2H3. The first-order valence-corrected chi connectivity index (χ1v) is 9.54. The normalized spacial score (nSPS) is 14.4. The molecule has 144 valence electrons. The molecule has 1 N–H and O–H groups in total. The van der Waals surface area contributed by atoms with Crippen molar-refractivity contribution >= 4 is 15.7 Å². The fourth-order valence-electron chi connectivity index (χ4n) is 2.68. The SMILES string of the molecule is COc1ccc(S(=O)(=O)NC(C)c2ccc3c(c2)OCCO3)cc1[N+](=O)[O-]. The van der Waals surface area contributed by atoms with E-state index >= 15 is 0 Å². The van der Waals surface area contributed by atoms with Crippen LogP contribution in [0, 0.1) is 10.1 Å². The molecule has 1 aliphatic heterocycles. The highest BCUT2D eigenvalue weighted by Gasteiger charge is 2.24. The van der Waals surface area contributed by atoms with Gasteiger partial charge in [-0.1, -0.05) is 6.07 Å². The van der Waals surface area contributed by atoms with Gasteiger partial charge in [0.2, 0.25) is 10.0 Å². The largest absolute Gasteiger partial charge is 0.490 e. The van der Waals surface area contributed by atoms with Gasteiger partial charge in [0.15, 0.2) is 17.2 Å². The Morgan fingerprint density at radius 3 is 2.52 bits per heavy atom. The smallest absolute Gasteiger partial charge is 0.312 e. The van der Waals surface area contributed by atoms with Crippen molar-refractivity contribution in [3.8, 4) is 17.2 Å². The van der Waals surface area contributed by atoms with Crippen LogP contribution in [0.1, 0.15) is 18.5 Å². The molecule has 2 aromatic rings. The van der Waals surface area contributed by atoms with Crippen LogP contribution >= 0.6 is 0 Å². The monoisotopic (exact) mass is 394 g/mol. The van der Waals surface area contributed by atoms with Crippen LogP contribution in [0.25, 0.3) is 0 Å². The van der Waals surface area contributed by atoms with Crippen molar-refractivity contribution < 1.29 is 27.6 Å². The first-order chi connectivity index (χ1) is 12.8. The zero-order chi connectivity index (χ0) is 19.6. The third-order valence-corrected chi connectivity index (χ3v) is 5.59. The Hall–Kier alpha value is -2.85. The summed E-state index contributed by atoms with van der Waals surface area (Å²) in [7, 11) is -2.72. The zero-order valence-corrected chi connectivity index (χ0v) is 15.5. The van der Waals surface area contributed by atoms with Crippen molar-refractivity contribution in [1.29, 1.82) is 0 Å². The van der Waals surface area contributed by atoms with Crippen LogP contribution in [-0.4, -0.2) is 33.7 Å². The summed E-state index contributed by atoms with van der Waals surface area (Å²) < 4.78 is 43.7. The average Bonchev–Trinajstić information content (AvgIpc) is 2.66. The summed E-state index contributed by atoms with van der Waals surface area (Å²) in [6.07, 6.45) is 0. The lowest BCUT2D eigenvalue weighted by Crippen LogP contribution is -2.27. The van der Waals surface area contributed by atoms with Gasteiger partial charge >= 0.3 is 5.69 Å². The predicted molar refractivity (Wildman–Crippen MR) is 95.8 cm³/mol. The highest BCUT2D eigenvalue weighted by molar-refractivity contribution is 7.89. The molecule has 0 fully saturated rings. The van der Waals surface area contributed by atoms with Gasteiger partial charge in [0.05, 0.1) is 16.9 Å². The summed E-state index contributed by atoms with van der Waals surface area (Å²) in [6, 6.07) is 8.04. The lowest BCUT2D eigenvalue weighted by atomic mass is 10.1. The van der Waals surface area contributed by atoms with E-state index < -0.39 is 26.7 Å². The van der Waals surface area contributed by atoms with E-state index in [1.165, 1.54) is 19.2 Å². The van der Waals surface area contributed by atoms with Gasteiger partial charge in [-0.05, 0) is 36.8 Å². The Morgan fingerprint density at radius 2 is 1.85 bits per heavy atom. The van der Waals surface area contributed by atoms with Gasteiger partial charge in [0.1, 0.15) is 13.2 Å². The lowest BCUT2D eigenvalue weighted by Gasteiger charge is -2.21. The molecule has 10 heteroatoms.